The van der Waals surface area contributed by atoms with Crippen LogP contribution in [0.2, 0.25) is 0 Å². The van der Waals surface area contributed by atoms with Crippen LogP contribution in [0.25, 0.3) is 0 Å². The number of aliphatic carboxylic acids is 1. The average Bonchev–Trinajstić information content (AvgIpc) is 2.10. The Morgan fingerprint density at radius 1 is 1.26 bits per heavy atom. The number of hydrogen-bond acceptors (Lipinski definition) is 3. The largest absolute Gasteiger partial charge is 0.481 e. The second-order valence-electron chi connectivity index (χ2n) is 7.32. The van der Waals surface area contributed by atoms with E-state index in [0.29, 0.717) is 0 Å². The molecule has 1 rings (SSSR count). The Morgan fingerprint density at radius 2 is 1.74 bits per heavy atom. The fourth-order valence-corrected chi connectivity index (χ4v) is 3.54. The van der Waals surface area contributed by atoms with Gasteiger partial charge in [0.1, 0.15) is 0 Å². The van der Waals surface area contributed by atoms with Gasteiger partial charge in [0.15, 0.2) is 0 Å². The lowest BCUT2D eigenvalue weighted by Gasteiger charge is -2.45. The number of carboxylic acids is 1. The summed E-state index contributed by atoms with van der Waals surface area (Å²) < 4.78 is 0. The van der Waals surface area contributed by atoms with E-state index in [1.165, 1.54) is 0 Å². The normalized spacial score (nSPS) is 23.6. The Labute approximate surface area is 114 Å². The molecule has 1 aliphatic carbocycles. The van der Waals surface area contributed by atoms with Gasteiger partial charge in [0.2, 0.25) is 5.91 Å². The maximum Gasteiger partial charge on any atom is 0.305 e. The van der Waals surface area contributed by atoms with Crippen molar-refractivity contribution in [3.63, 3.8) is 0 Å². The number of hydrogen-bond donors (Lipinski definition) is 3. The van der Waals surface area contributed by atoms with Crippen molar-refractivity contribution in [1.82, 2.24) is 5.32 Å². The number of carboxylic acid groups (broad SMARTS) is 1. The molecule has 1 fully saturated rings. The fourth-order valence-electron chi connectivity index (χ4n) is 3.54. The molecule has 0 heterocycles. The first-order chi connectivity index (χ1) is 8.51. The fraction of sp³-hybridized carbons (Fsp3) is 0.857. The van der Waals surface area contributed by atoms with Crippen LogP contribution in [0.15, 0.2) is 0 Å². The molecule has 4 N–H and O–H groups in total. The topological polar surface area (TPSA) is 92.4 Å². The molecule has 0 aromatic heterocycles. The van der Waals surface area contributed by atoms with Gasteiger partial charge in [-0.2, -0.15) is 0 Å². The Hall–Kier alpha value is -1.10. The molecule has 1 saturated carbocycles. The summed E-state index contributed by atoms with van der Waals surface area (Å²) in [6.07, 6.45) is 2.60. The van der Waals surface area contributed by atoms with Crippen LogP contribution in [-0.2, 0) is 9.59 Å². The lowest BCUT2D eigenvalue weighted by atomic mass is 9.63. The van der Waals surface area contributed by atoms with Crippen molar-refractivity contribution in [3.05, 3.63) is 0 Å². The smallest absolute Gasteiger partial charge is 0.305 e. The van der Waals surface area contributed by atoms with Crippen LogP contribution in [0.4, 0.5) is 0 Å². The molecule has 0 spiro atoms. The summed E-state index contributed by atoms with van der Waals surface area (Å²) in [6, 6.07) is -0.892. The van der Waals surface area contributed by atoms with Crippen molar-refractivity contribution in [3.8, 4) is 0 Å². The highest BCUT2D eigenvalue weighted by atomic mass is 16.4. The molecule has 19 heavy (non-hydrogen) atoms. The monoisotopic (exact) mass is 270 g/mol. The van der Waals surface area contributed by atoms with Crippen molar-refractivity contribution in [2.75, 3.05) is 0 Å². The maximum atomic E-state index is 11.9. The molecule has 5 nitrogen and oxygen atoms in total. The lowest BCUT2D eigenvalue weighted by molar-refractivity contribution is -0.139. The molecule has 1 unspecified atom stereocenters. The van der Waals surface area contributed by atoms with E-state index >= 15 is 0 Å². The van der Waals surface area contributed by atoms with Crippen molar-refractivity contribution in [2.45, 2.75) is 65.5 Å². The quantitative estimate of drug-likeness (QED) is 0.722. The van der Waals surface area contributed by atoms with Crippen LogP contribution < -0.4 is 11.1 Å². The standard InChI is InChI=1S/C14H26N2O3/c1-13(2)6-9(7-14(3,4)8-13)16-12(19)10(15)5-11(17)18/h9-10H,5-8,15H2,1-4H3,(H,16,19)(H,17,18). The van der Waals surface area contributed by atoms with Gasteiger partial charge in [-0.25, -0.2) is 0 Å². The van der Waals surface area contributed by atoms with E-state index in [0.717, 1.165) is 19.3 Å². The summed E-state index contributed by atoms with van der Waals surface area (Å²) in [5, 5.41) is 11.6. The van der Waals surface area contributed by atoms with E-state index in [4.69, 9.17) is 10.8 Å². The van der Waals surface area contributed by atoms with Gasteiger partial charge in [-0.1, -0.05) is 27.7 Å². The molecule has 0 bridgehead atoms. The van der Waals surface area contributed by atoms with Gasteiger partial charge >= 0.3 is 5.97 Å². The molecule has 1 amide bonds. The summed E-state index contributed by atoms with van der Waals surface area (Å²) in [7, 11) is 0. The molecule has 0 saturated heterocycles. The molecule has 0 aliphatic heterocycles. The number of nitrogens with one attached hydrogen (secondary N) is 1. The number of carbonyl (C=O) groups is 2. The third-order valence-electron chi connectivity index (χ3n) is 3.63. The first-order valence-electron chi connectivity index (χ1n) is 6.79. The Bertz CT molecular complexity index is 348. The first kappa shape index (κ1) is 16.0. The number of carbonyl (C=O) groups excluding carboxylic acids is 1. The van der Waals surface area contributed by atoms with Crippen LogP contribution in [0, 0.1) is 10.8 Å². The van der Waals surface area contributed by atoms with E-state index in [2.05, 4.69) is 33.0 Å². The molecule has 0 aromatic rings. The molecular weight excluding hydrogens is 244 g/mol. The molecule has 0 aromatic carbocycles. The molecule has 1 atom stereocenters. The van der Waals surface area contributed by atoms with Crippen LogP contribution in [-0.4, -0.2) is 29.1 Å². The Kier molecular flexibility index (Phi) is 4.61. The van der Waals surface area contributed by atoms with Crippen LogP contribution >= 0.6 is 0 Å². The van der Waals surface area contributed by atoms with Gasteiger partial charge in [-0.3, -0.25) is 9.59 Å². The van der Waals surface area contributed by atoms with Gasteiger partial charge in [0.05, 0.1) is 12.5 Å². The zero-order valence-corrected chi connectivity index (χ0v) is 12.3. The predicted octanol–water partition coefficient (Wildman–Crippen LogP) is 1.51. The minimum atomic E-state index is -1.05. The Morgan fingerprint density at radius 3 is 2.16 bits per heavy atom. The lowest BCUT2D eigenvalue weighted by Crippen LogP contribution is -2.51. The van der Waals surface area contributed by atoms with Gasteiger partial charge in [0, 0.05) is 6.04 Å². The highest BCUT2D eigenvalue weighted by Gasteiger charge is 2.39. The third-order valence-corrected chi connectivity index (χ3v) is 3.63. The summed E-state index contributed by atoms with van der Waals surface area (Å²) in [4.78, 5) is 22.4. The minimum absolute atomic E-state index is 0.0751. The van der Waals surface area contributed by atoms with Crippen LogP contribution in [0.1, 0.15) is 53.4 Å². The van der Waals surface area contributed by atoms with E-state index < -0.39 is 12.0 Å². The molecule has 1 aliphatic rings. The van der Waals surface area contributed by atoms with Crippen LogP contribution in [0.3, 0.4) is 0 Å². The van der Waals surface area contributed by atoms with Gasteiger partial charge in [-0.15, -0.1) is 0 Å². The highest BCUT2D eigenvalue weighted by molar-refractivity contribution is 5.86. The molecule has 110 valence electrons. The summed E-state index contributed by atoms with van der Waals surface area (Å²) in [5.74, 6) is -1.41. The molecule has 0 radical (unpaired) electrons. The van der Waals surface area contributed by atoms with Gasteiger partial charge < -0.3 is 16.2 Å². The van der Waals surface area contributed by atoms with Crippen LogP contribution in [0.5, 0.6) is 0 Å². The average molecular weight is 270 g/mol. The highest BCUT2D eigenvalue weighted by Crippen LogP contribution is 2.45. The zero-order valence-electron chi connectivity index (χ0n) is 12.3. The van der Waals surface area contributed by atoms with Gasteiger partial charge in [0.25, 0.3) is 0 Å². The zero-order chi connectivity index (χ0) is 14.8. The Balaban J connectivity index is 2.61. The molecular formula is C14H26N2O3. The van der Waals surface area contributed by atoms with Crippen molar-refractivity contribution in [2.24, 2.45) is 16.6 Å². The SMILES string of the molecule is CC1(C)CC(NC(=O)C(N)CC(=O)O)CC(C)(C)C1. The van der Waals surface area contributed by atoms with Gasteiger partial charge in [-0.05, 0) is 30.1 Å². The minimum Gasteiger partial charge on any atom is -0.481 e. The van der Waals surface area contributed by atoms with E-state index in [-0.39, 0.29) is 29.2 Å². The number of amides is 1. The summed E-state index contributed by atoms with van der Waals surface area (Å²) >= 11 is 0. The molecule has 5 heteroatoms. The second kappa shape index (κ2) is 5.49. The summed E-state index contributed by atoms with van der Waals surface area (Å²) in [5.41, 5.74) is 5.93. The second-order valence-corrected chi connectivity index (χ2v) is 7.32. The van der Waals surface area contributed by atoms with Crippen molar-refractivity contribution >= 4 is 11.9 Å². The number of rotatable bonds is 4. The van der Waals surface area contributed by atoms with Crippen molar-refractivity contribution < 1.29 is 14.7 Å². The maximum absolute atomic E-state index is 11.9. The third kappa shape index (κ3) is 5.19. The predicted molar refractivity (Wildman–Crippen MR) is 73.6 cm³/mol. The first-order valence-corrected chi connectivity index (χ1v) is 6.79. The van der Waals surface area contributed by atoms with Crippen molar-refractivity contribution in [1.29, 1.82) is 0 Å². The number of nitrogens with two attached hydrogens (primary N) is 1. The van der Waals surface area contributed by atoms with E-state index in [1.54, 1.807) is 0 Å². The summed E-state index contributed by atoms with van der Waals surface area (Å²) in [6.45, 7) is 8.79. The van der Waals surface area contributed by atoms with E-state index in [1.807, 2.05) is 0 Å². The van der Waals surface area contributed by atoms with E-state index in [9.17, 15) is 9.59 Å².